The molecule has 0 saturated carbocycles. The first-order valence-electron chi connectivity index (χ1n) is 8.45. The fraction of sp³-hybridized carbons (Fsp3) is 0.182. The molecular weight excluding hydrogens is 315 g/mol. The van der Waals surface area contributed by atoms with E-state index in [2.05, 4.69) is 42.9 Å². The van der Waals surface area contributed by atoms with Gasteiger partial charge in [-0.3, -0.25) is 0 Å². The maximum absolute atomic E-state index is 12.5. The molecule has 26 heavy (non-hydrogen) atoms. The Bertz CT molecular complexity index is 1100. The predicted octanol–water partition coefficient (Wildman–Crippen LogP) is 1.24. The van der Waals surface area contributed by atoms with E-state index in [1.165, 1.54) is 0 Å². The summed E-state index contributed by atoms with van der Waals surface area (Å²) in [6, 6.07) is 17.7. The minimum absolute atomic E-state index is 0. The number of aromatic amines is 1. The van der Waals surface area contributed by atoms with Crippen molar-refractivity contribution in [1.82, 2.24) is 4.98 Å². The third-order valence-corrected chi connectivity index (χ3v) is 4.63. The van der Waals surface area contributed by atoms with Crippen molar-refractivity contribution in [1.29, 1.82) is 0 Å². The Morgan fingerprint density at radius 2 is 1.65 bits per heavy atom. The molecule has 0 amide bonds. The Balaban J connectivity index is 0.00000196. The van der Waals surface area contributed by atoms with Gasteiger partial charge >= 0.3 is 18.9 Å². The summed E-state index contributed by atoms with van der Waals surface area (Å²) < 4.78 is 0. The molecule has 4 heteroatoms. The van der Waals surface area contributed by atoms with Crippen LogP contribution in [0.1, 0.15) is 26.3 Å². The average Bonchev–Trinajstić information content (AvgIpc) is 2.60. The predicted molar refractivity (Wildman–Crippen MR) is 99.4 cm³/mol. The molecule has 0 saturated heterocycles. The molecule has 0 atom stereocenters. The summed E-state index contributed by atoms with van der Waals surface area (Å²) in [5.41, 5.74) is 4.53. The molecule has 0 unspecified atom stereocenters. The monoisotopic (exact) mass is 335 g/mol. The van der Waals surface area contributed by atoms with Crippen LogP contribution in [0.25, 0.3) is 33.1 Å². The zero-order chi connectivity index (χ0) is 17.6. The smallest absolute Gasteiger partial charge is 0.872 e. The van der Waals surface area contributed by atoms with Crippen molar-refractivity contribution in [3.63, 3.8) is 0 Å². The summed E-state index contributed by atoms with van der Waals surface area (Å²) in [5.74, 6) is 0.0248. The van der Waals surface area contributed by atoms with Gasteiger partial charge in [0.1, 0.15) is 5.52 Å². The number of hydrogen-bond donors (Lipinski definition) is 0. The fourth-order valence-electron chi connectivity index (χ4n) is 3.14. The van der Waals surface area contributed by atoms with Crippen LogP contribution < -0.4 is 29.0 Å². The second-order valence-corrected chi connectivity index (χ2v) is 7.44. The van der Waals surface area contributed by atoms with Gasteiger partial charge in [0.2, 0.25) is 11.2 Å². The molecule has 0 aliphatic heterocycles. The van der Waals surface area contributed by atoms with Gasteiger partial charge in [0.05, 0.1) is 0 Å². The molecule has 1 N–H and O–H groups in total. The molecular formula is C22H20LiN2O+. The molecule has 4 aromatic rings. The van der Waals surface area contributed by atoms with Gasteiger partial charge in [-0.15, -0.1) is 0 Å². The Labute approximate surface area is 165 Å². The second kappa shape index (κ2) is 6.76. The number of nitrogens with zero attached hydrogens (tertiary/aromatic N) is 1. The Kier molecular flexibility index (Phi) is 4.79. The molecule has 0 fully saturated rings. The van der Waals surface area contributed by atoms with E-state index in [4.69, 9.17) is 0 Å². The molecule has 3 nitrogen and oxygen atoms in total. The number of pyridine rings is 2. The van der Waals surface area contributed by atoms with Crippen molar-refractivity contribution in [2.75, 3.05) is 0 Å². The largest absolute Gasteiger partial charge is 1.00 e. The van der Waals surface area contributed by atoms with Gasteiger partial charge in [0.15, 0.2) is 0 Å². The number of benzene rings is 2. The van der Waals surface area contributed by atoms with Crippen LogP contribution in [-0.2, 0) is 5.41 Å². The molecule has 2 heterocycles. The van der Waals surface area contributed by atoms with E-state index in [1.807, 2.05) is 36.4 Å². The molecule has 0 spiro atoms. The maximum atomic E-state index is 12.5. The fourth-order valence-corrected chi connectivity index (χ4v) is 3.14. The Morgan fingerprint density at radius 3 is 2.42 bits per heavy atom. The van der Waals surface area contributed by atoms with E-state index in [0.717, 1.165) is 33.1 Å². The van der Waals surface area contributed by atoms with Crippen LogP contribution in [0.15, 0.2) is 60.8 Å². The number of nitrogens with one attached hydrogen (secondary N) is 1. The quantitative estimate of drug-likeness (QED) is 0.388. The average molecular weight is 335 g/mol. The van der Waals surface area contributed by atoms with Gasteiger partial charge in [-0.05, 0) is 35.2 Å². The summed E-state index contributed by atoms with van der Waals surface area (Å²) in [6.45, 7) is 6.45. The molecule has 2 aromatic carbocycles. The van der Waals surface area contributed by atoms with E-state index in [-0.39, 0.29) is 30.0 Å². The topological polar surface area (TPSA) is 50.1 Å². The molecule has 0 bridgehead atoms. The van der Waals surface area contributed by atoms with Crippen molar-refractivity contribution < 1.29 is 29.0 Å². The van der Waals surface area contributed by atoms with Crippen molar-refractivity contribution in [2.45, 2.75) is 26.2 Å². The third kappa shape index (κ3) is 3.21. The number of H-pyrrole nitrogens is 1. The van der Waals surface area contributed by atoms with Crippen molar-refractivity contribution >= 4 is 21.8 Å². The van der Waals surface area contributed by atoms with Crippen LogP contribution in [0.4, 0.5) is 0 Å². The molecule has 2 aromatic heterocycles. The van der Waals surface area contributed by atoms with E-state index >= 15 is 0 Å². The van der Waals surface area contributed by atoms with Crippen LogP contribution in [0, 0.1) is 0 Å². The molecule has 124 valence electrons. The number of hydrogen-bond acceptors (Lipinski definition) is 2. The van der Waals surface area contributed by atoms with Crippen molar-refractivity contribution in [3.05, 3.63) is 66.4 Å². The van der Waals surface area contributed by atoms with Gasteiger partial charge in [0.25, 0.3) is 0 Å². The van der Waals surface area contributed by atoms with Crippen LogP contribution >= 0.6 is 0 Å². The summed E-state index contributed by atoms with van der Waals surface area (Å²) >= 11 is 0. The molecule has 0 aliphatic rings. The molecule has 0 aliphatic carbocycles. The van der Waals surface area contributed by atoms with Gasteiger partial charge in [-0.1, -0.05) is 50.8 Å². The van der Waals surface area contributed by atoms with Gasteiger partial charge in [-0.2, -0.15) is 0 Å². The van der Waals surface area contributed by atoms with Crippen LogP contribution in [-0.4, -0.2) is 4.98 Å². The Morgan fingerprint density at radius 1 is 0.923 bits per heavy atom. The van der Waals surface area contributed by atoms with E-state index in [9.17, 15) is 5.11 Å². The summed E-state index contributed by atoms with van der Waals surface area (Å²) in [7, 11) is 0. The minimum Gasteiger partial charge on any atom is -0.872 e. The zero-order valence-electron chi connectivity index (χ0n) is 15.6. The first-order valence-corrected chi connectivity index (χ1v) is 8.45. The number of aromatic nitrogens is 2. The van der Waals surface area contributed by atoms with Gasteiger partial charge < -0.3 is 5.11 Å². The van der Waals surface area contributed by atoms with Gasteiger partial charge in [0, 0.05) is 28.6 Å². The molecule has 0 radical (unpaired) electrons. The summed E-state index contributed by atoms with van der Waals surface area (Å²) in [4.78, 5) is 7.96. The van der Waals surface area contributed by atoms with Crippen molar-refractivity contribution in [2.24, 2.45) is 0 Å². The first kappa shape index (κ1) is 18.4. The van der Waals surface area contributed by atoms with E-state index in [1.54, 1.807) is 12.3 Å². The minimum atomic E-state index is -0.00640. The van der Waals surface area contributed by atoms with Crippen LogP contribution in [0.3, 0.4) is 0 Å². The molecule has 4 rings (SSSR count). The third-order valence-electron chi connectivity index (χ3n) is 4.63. The second-order valence-electron chi connectivity index (χ2n) is 7.44. The van der Waals surface area contributed by atoms with E-state index in [0.29, 0.717) is 5.56 Å². The summed E-state index contributed by atoms with van der Waals surface area (Å²) in [6.07, 6.45) is 1.79. The number of rotatable bonds is 1. The maximum Gasteiger partial charge on any atom is 1.00 e. The van der Waals surface area contributed by atoms with Crippen LogP contribution in [0.5, 0.6) is 5.75 Å². The SMILES string of the molecule is CC(C)(C)c1ccc([O-])c(-c2ccc3ccc4cccnc4c3[nH+]2)c1.[Li+]. The van der Waals surface area contributed by atoms with Crippen LogP contribution in [0.2, 0.25) is 0 Å². The van der Waals surface area contributed by atoms with E-state index < -0.39 is 0 Å². The first-order chi connectivity index (χ1) is 11.9. The van der Waals surface area contributed by atoms with Crippen molar-refractivity contribution in [3.8, 4) is 17.0 Å². The van der Waals surface area contributed by atoms with Gasteiger partial charge in [-0.25, -0.2) is 9.97 Å². The normalized spacial score (nSPS) is 11.5. The zero-order valence-corrected chi connectivity index (χ0v) is 15.6. The Hall–Kier alpha value is -2.34. The summed E-state index contributed by atoms with van der Waals surface area (Å²) in [5, 5.41) is 14.6. The standard InChI is InChI=1S/C22H20N2O.Li/c1-22(2,3)16-9-11-19(25)17(13-16)18-10-8-15-7-6-14-5-4-12-23-20(14)21(15)24-18;/h4-13,25H,1-3H3;/q;+1. The number of fused-ring (bicyclic) bond motifs is 3.